The fourth-order valence-corrected chi connectivity index (χ4v) is 2.36. The van der Waals surface area contributed by atoms with Gasteiger partial charge in [-0.25, -0.2) is 0 Å². The molecule has 0 heterocycles. The van der Waals surface area contributed by atoms with E-state index in [0.29, 0.717) is 0 Å². The highest BCUT2D eigenvalue weighted by atomic mass is 14.6. The van der Waals surface area contributed by atoms with Gasteiger partial charge >= 0.3 is 0 Å². The predicted octanol–water partition coefficient (Wildman–Crippen LogP) is 4.93. The van der Waals surface area contributed by atoms with Crippen molar-refractivity contribution < 1.29 is 0 Å². The Bertz CT molecular complexity index is 490. The van der Waals surface area contributed by atoms with Gasteiger partial charge in [-0.05, 0) is 29.2 Å². The number of benzene rings is 2. The van der Waals surface area contributed by atoms with E-state index in [2.05, 4.69) is 55.5 Å². The molecule has 0 fully saturated rings. The first-order valence-corrected chi connectivity index (χ1v) is 7.22. The molecule has 0 radical (unpaired) electrons. The van der Waals surface area contributed by atoms with Gasteiger partial charge in [0.2, 0.25) is 0 Å². The summed E-state index contributed by atoms with van der Waals surface area (Å²) in [6.45, 7) is 2.22. The molecule has 0 aliphatic carbocycles. The fourth-order valence-electron chi connectivity index (χ4n) is 2.36. The molecule has 0 aliphatic heterocycles. The average Bonchev–Trinajstić information content (AvgIpc) is 2.48. The van der Waals surface area contributed by atoms with Gasteiger partial charge in [-0.3, -0.25) is 0 Å². The monoisotopic (exact) mass is 253 g/mol. The number of hydrogen-bond acceptors (Lipinski definition) is 1. The van der Waals surface area contributed by atoms with Gasteiger partial charge < -0.3 is 5.73 Å². The van der Waals surface area contributed by atoms with E-state index < -0.39 is 0 Å². The zero-order chi connectivity index (χ0) is 13.5. The molecule has 100 valence electrons. The van der Waals surface area contributed by atoms with E-state index >= 15 is 0 Å². The quantitative estimate of drug-likeness (QED) is 0.725. The largest absolute Gasteiger partial charge is 0.324 e. The Morgan fingerprint density at radius 1 is 0.895 bits per heavy atom. The third kappa shape index (κ3) is 3.93. The standard InChI is InChI=1S/C18H23N/c1-2-3-5-13-18(19)17-12-8-11-16(14-17)15-9-6-4-7-10-15/h4,6-12,14,18H,2-3,5,13,19H2,1H3/t18-/m1/s1. The molecule has 0 aromatic heterocycles. The van der Waals surface area contributed by atoms with Crippen LogP contribution < -0.4 is 5.73 Å². The molecule has 0 aliphatic rings. The second-order valence-corrected chi connectivity index (χ2v) is 5.09. The van der Waals surface area contributed by atoms with Gasteiger partial charge in [0.1, 0.15) is 0 Å². The van der Waals surface area contributed by atoms with Crippen LogP contribution in [0.1, 0.15) is 44.2 Å². The molecule has 2 aromatic carbocycles. The topological polar surface area (TPSA) is 26.0 Å². The zero-order valence-electron chi connectivity index (χ0n) is 11.7. The van der Waals surface area contributed by atoms with Crippen molar-refractivity contribution in [3.63, 3.8) is 0 Å². The van der Waals surface area contributed by atoms with E-state index in [1.807, 2.05) is 6.07 Å². The van der Waals surface area contributed by atoms with Crippen LogP contribution in [-0.4, -0.2) is 0 Å². The molecule has 1 atom stereocenters. The summed E-state index contributed by atoms with van der Waals surface area (Å²) < 4.78 is 0. The van der Waals surface area contributed by atoms with Crippen molar-refractivity contribution in [1.82, 2.24) is 0 Å². The molecular weight excluding hydrogens is 230 g/mol. The highest BCUT2D eigenvalue weighted by Crippen LogP contribution is 2.24. The molecule has 0 spiro atoms. The van der Waals surface area contributed by atoms with Crippen molar-refractivity contribution >= 4 is 0 Å². The van der Waals surface area contributed by atoms with Gasteiger partial charge in [0.25, 0.3) is 0 Å². The molecule has 1 nitrogen and oxygen atoms in total. The van der Waals surface area contributed by atoms with Gasteiger partial charge in [-0.2, -0.15) is 0 Å². The highest BCUT2D eigenvalue weighted by Gasteiger charge is 2.06. The van der Waals surface area contributed by atoms with Crippen molar-refractivity contribution in [2.24, 2.45) is 5.73 Å². The smallest absolute Gasteiger partial charge is 0.0295 e. The lowest BCUT2D eigenvalue weighted by molar-refractivity contribution is 0.581. The Kier molecular flexibility index (Phi) is 5.17. The van der Waals surface area contributed by atoms with E-state index in [1.54, 1.807) is 0 Å². The van der Waals surface area contributed by atoms with Crippen LogP contribution >= 0.6 is 0 Å². The second kappa shape index (κ2) is 7.10. The van der Waals surface area contributed by atoms with Crippen LogP contribution in [0.25, 0.3) is 11.1 Å². The Hall–Kier alpha value is -1.60. The Morgan fingerprint density at radius 3 is 2.37 bits per heavy atom. The maximum absolute atomic E-state index is 6.28. The van der Waals surface area contributed by atoms with E-state index in [4.69, 9.17) is 5.73 Å². The molecule has 0 amide bonds. The van der Waals surface area contributed by atoms with Crippen molar-refractivity contribution in [1.29, 1.82) is 0 Å². The van der Waals surface area contributed by atoms with Gasteiger partial charge in [-0.1, -0.05) is 74.7 Å². The first-order chi connectivity index (χ1) is 9.31. The first-order valence-electron chi connectivity index (χ1n) is 7.22. The summed E-state index contributed by atoms with van der Waals surface area (Å²) in [5.74, 6) is 0. The van der Waals surface area contributed by atoms with E-state index in [-0.39, 0.29) is 6.04 Å². The first kappa shape index (κ1) is 13.8. The summed E-state index contributed by atoms with van der Waals surface area (Å²) in [6, 6.07) is 19.3. The normalized spacial score (nSPS) is 12.3. The molecule has 19 heavy (non-hydrogen) atoms. The number of unbranched alkanes of at least 4 members (excludes halogenated alkanes) is 2. The van der Waals surface area contributed by atoms with Crippen molar-refractivity contribution in [3.8, 4) is 11.1 Å². The summed E-state index contributed by atoms with van der Waals surface area (Å²) in [7, 11) is 0. The summed E-state index contributed by atoms with van der Waals surface area (Å²) in [5.41, 5.74) is 10.0. The second-order valence-electron chi connectivity index (χ2n) is 5.09. The third-order valence-electron chi connectivity index (χ3n) is 3.54. The van der Waals surface area contributed by atoms with Crippen LogP contribution in [0.5, 0.6) is 0 Å². The lowest BCUT2D eigenvalue weighted by atomic mass is 9.97. The molecule has 2 N–H and O–H groups in total. The molecule has 0 unspecified atom stereocenters. The van der Waals surface area contributed by atoms with Crippen molar-refractivity contribution in [3.05, 3.63) is 60.2 Å². The van der Waals surface area contributed by atoms with Crippen LogP contribution in [0.3, 0.4) is 0 Å². The van der Waals surface area contributed by atoms with Crippen LogP contribution in [0.15, 0.2) is 54.6 Å². The van der Waals surface area contributed by atoms with Gasteiger partial charge in [0.15, 0.2) is 0 Å². The fraction of sp³-hybridized carbons (Fsp3) is 0.333. The van der Waals surface area contributed by atoms with Gasteiger partial charge in [0.05, 0.1) is 0 Å². The van der Waals surface area contributed by atoms with Gasteiger partial charge in [0, 0.05) is 6.04 Å². The average molecular weight is 253 g/mol. The Balaban J connectivity index is 2.11. The number of rotatable bonds is 6. The SMILES string of the molecule is CCCCC[C@@H](N)c1cccc(-c2ccccc2)c1. The Labute approximate surface area is 116 Å². The lowest BCUT2D eigenvalue weighted by Gasteiger charge is -2.13. The molecule has 0 bridgehead atoms. The summed E-state index contributed by atoms with van der Waals surface area (Å²) in [5, 5.41) is 0. The summed E-state index contributed by atoms with van der Waals surface area (Å²) in [4.78, 5) is 0. The van der Waals surface area contributed by atoms with Crippen LogP contribution in [0.4, 0.5) is 0 Å². The van der Waals surface area contributed by atoms with Crippen LogP contribution in [-0.2, 0) is 0 Å². The minimum atomic E-state index is 0.162. The molecule has 1 heteroatoms. The molecule has 0 saturated carbocycles. The summed E-state index contributed by atoms with van der Waals surface area (Å²) >= 11 is 0. The number of hydrogen-bond donors (Lipinski definition) is 1. The predicted molar refractivity (Wildman–Crippen MR) is 82.9 cm³/mol. The minimum absolute atomic E-state index is 0.162. The molecule has 0 saturated heterocycles. The minimum Gasteiger partial charge on any atom is -0.324 e. The van der Waals surface area contributed by atoms with Crippen molar-refractivity contribution in [2.75, 3.05) is 0 Å². The number of nitrogens with two attached hydrogens (primary N) is 1. The van der Waals surface area contributed by atoms with Crippen LogP contribution in [0, 0.1) is 0 Å². The summed E-state index contributed by atoms with van der Waals surface area (Å²) in [6.07, 6.45) is 4.81. The Morgan fingerprint density at radius 2 is 1.63 bits per heavy atom. The highest BCUT2D eigenvalue weighted by molar-refractivity contribution is 5.64. The molecule has 2 aromatic rings. The lowest BCUT2D eigenvalue weighted by Crippen LogP contribution is -2.10. The van der Waals surface area contributed by atoms with E-state index in [0.717, 1.165) is 6.42 Å². The van der Waals surface area contributed by atoms with Crippen molar-refractivity contribution in [2.45, 2.75) is 38.6 Å². The van der Waals surface area contributed by atoms with E-state index in [9.17, 15) is 0 Å². The zero-order valence-corrected chi connectivity index (χ0v) is 11.7. The van der Waals surface area contributed by atoms with Crippen LogP contribution in [0.2, 0.25) is 0 Å². The maximum atomic E-state index is 6.28. The van der Waals surface area contributed by atoms with E-state index in [1.165, 1.54) is 36.0 Å². The molecular formula is C18H23N. The maximum Gasteiger partial charge on any atom is 0.0295 e. The molecule has 2 rings (SSSR count). The third-order valence-corrected chi connectivity index (χ3v) is 3.54. The van der Waals surface area contributed by atoms with Gasteiger partial charge in [-0.15, -0.1) is 0 Å².